The SMILES string of the molecule is CCc1cn(Cc2noc(C(C)C)n2)c(=O)[nH]c1=O. The van der Waals surface area contributed by atoms with Gasteiger partial charge in [-0.2, -0.15) is 4.98 Å². The van der Waals surface area contributed by atoms with Crippen molar-refractivity contribution in [3.63, 3.8) is 0 Å². The first-order valence-electron chi connectivity index (χ1n) is 6.16. The Labute approximate surface area is 109 Å². The van der Waals surface area contributed by atoms with Crippen molar-refractivity contribution in [2.45, 2.75) is 39.7 Å². The molecule has 1 N–H and O–H groups in total. The van der Waals surface area contributed by atoms with E-state index in [-0.39, 0.29) is 18.0 Å². The van der Waals surface area contributed by atoms with Gasteiger partial charge in [0.05, 0.1) is 6.54 Å². The fourth-order valence-corrected chi connectivity index (χ4v) is 1.64. The Hall–Kier alpha value is -2.18. The Morgan fingerprint density at radius 2 is 2.16 bits per heavy atom. The van der Waals surface area contributed by atoms with Gasteiger partial charge in [0, 0.05) is 17.7 Å². The smallest absolute Gasteiger partial charge is 0.328 e. The van der Waals surface area contributed by atoms with E-state index in [1.165, 1.54) is 10.8 Å². The van der Waals surface area contributed by atoms with Crippen LogP contribution in [0, 0.1) is 0 Å². The average molecular weight is 264 g/mol. The molecule has 0 atom stereocenters. The third-order valence-corrected chi connectivity index (χ3v) is 2.76. The summed E-state index contributed by atoms with van der Waals surface area (Å²) in [5, 5.41) is 3.81. The number of aryl methyl sites for hydroxylation is 1. The van der Waals surface area contributed by atoms with E-state index in [0.717, 1.165) is 0 Å². The van der Waals surface area contributed by atoms with Crippen LogP contribution in [-0.2, 0) is 13.0 Å². The zero-order valence-corrected chi connectivity index (χ0v) is 11.1. The predicted molar refractivity (Wildman–Crippen MR) is 68.2 cm³/mol. The summed E-state index contributed by atoms with van der Waals surface area (Å²) in [5.41, 5.74) is -0.273. The second kappa shape index (κ2) is 5.21. The quantitative estimate of drug-likeness (QED) is 0.875. The van der Waals surface area contributed by atoms with Crippen LogP contribution in [0.15, 0.2) is 20.3 Å². The van der Waals surface area contributed by atoms with Crippen LogP contribution in [0.25, 0.3) is 0 Å². The highest BCUT2D eigenvalue weighted by molar-refractivity contribution is 5.05. The summed E-state index contributed by atoms with van der Waals surface area (Å²) in [7, 11) is 0. The van der Waals surface area contributed by atoms with Gasteiger partial charge in [-0.05, 0) is 6.42 Å². The topological polar surface area (TPSA) is 93.8 Å². The maximum atomic E-state index is 11.7. The fraction of sp³-hybridized carbons (Fsp3) is 0.500. The second-order valence-corrected chi connectivity index (χ2v) is 4.60. The molecule has 2 heterocycles. The normalized spacial score (nSPS) is 11.2. The van der Waals surface area contributed by atoms with Crippen LogP contribution in [0.5, 0.6) is 0 Å². The summed E-state index contributed by atoms with van der Waals surface area (Å²) in [6, 6.07) is 0. The molecule has 0 aliphatic heterocycles. The molecule has 0 saturated heterocycles. The van der Waals surface area contributed by atoms with Gasteiger partial charge in [0.1, 0.15) is 0 Å². The van der Waals surface area contributed by atoms with Crippen molar-refractivity contribution < 1.29 is 4.52 Å². The van der Waals surface area contributed by atoms with Gasteiger partial charge in [-0.3, -0.25) is 14.3 Å². The van der Waals surface area contributed by atoms with Crippen LogP contribution >= 0.6 is 0 Å². The van der Waals surface area contributed by atoms with Gasteiger partial charge >= 0.3 is 5.69 Å². The Morgan fingerprint density at radius 3 is 2.74 bits per heavy atom. The molecule has 0 fully saturated rings. The Bertz CT molecular complexity index is 681. The molecule has 0 aromatic carbocycles. The van der Waals surface area contributed by atoms with Gasteiger partial charge in [0.15, 0.2) is 5.82 Å². The molecule has 7 nitrogen and oxygen atoms in total. The van der Waals surface area contributed by atoms with E-state index in [0.29, 0.717) is 23.7 Å². The molecule has 7 heteroatoms. The zero-order valence-electron chi connectivity index (χ0n) is 11.1. The monoisotopic (exact) mass is 264 g/mol. The third-order valence-electron chi connectivity index (χ3n) is 2.76. The molecule has 2 aromatic heterocycles. The summed E-state index contributed by atoms with van der Waals surface area (Å²) in [5.74, 6) is 1.09. The van der Waals surface area contributed by atoms with Crippen LogP contribution in [0.3, 0.4) is 0 Å². The average Bonchev–Trinajstić information content (AvgIpc) is 2.81. The van der Waals surface area contributed by atoms with Crippen molar-refractivity contribution in [3.8, 4) is 0 Å². The number of aromatic amines is 1. The first-order valence-corrected chi connectivity index (χ1v) is 6.16. The summed E-state index contributed by atoms with van der Waals surface area (Å²) >= 11 is 0. The molecule has 2 aromatic rings. The minimum absolute atomic E-state index is 0.139. The lowest BCUT2D eigenvalue weighted by Gasteiger charge is -2.03. The van der Waals surface area contributed by atoms with Crippen LogP contribution in [0.1, 0.15) is 44.0 Å². The summed E-state index contributed by atoms with van der Waals surface area (Å²) < 4.78 is 6.44. The summed E-state index contributed by atoms with van der Waals surface area (Å²) in [6.45, 7) is 5.92. The summed E-state index contributed by atoms with van der Waals surface area (Å²) in [4.78, 5) is 29.6. The van der Waals surface area contributed by atoms with Gasteiger partial charge in [0.25, 0.3) is 5.56 Å². The largest absolute Gasteiger partial charge is 0.339 e. The number of H-pyrrole nitrogens is 1. The molecule has 102 valence electrons. The molecule has 19 heavy (non-hydrogen) atoms. The number of nitrogens with zero attached hydrogens (tertiary/aromatic N) is 3. The molecule has 2 rings (SSSR count). The molecule has 0 aliphatic rings. The van der Waals surface area contributed by atoms with E-state index in [1.54, 1.807) is 0 Å². The van der Waals surface area contributed by atoms with Crippen LogP contribution < -0.4 is 11.2 Å². The molecule has 0 bridgehead atoms. The number of rotatable bonds is 4. The molecule has 0 saturated carbocycles. The maximum absolute atomic E-state index is 11.7. The molecule has 0 spiro atoms. The van der Waals surface area contributed by atoms with Crippen molar-refractivity contribution in [3.05, 3.63) is 44.3 Å². The van der Waals surface area contributed by atoms with Crippen molar-refractivity contribution >= 4 is 0 Å². The third kappa shape index (κ3) is 2.81. The molecule has 0 radical (unpaired) electrons. The Morgan fingerprint density at radius 1 is 1.42 bits per heavy atom. The van der Waals surface area contributed by atoms with Gasteiger partial charge in [0.2, 0.25) is 5.89 Å². The molecule has 0 amide bonds. The number of hydrogen-bond donors (Lipinski definition) is 1. The number of aromatic nitrogens is 4. The minimum Gasteiger partial charge on any atom is -0.339 e. The lowest BCUT2D eigenvalue weighted by atomic mass is 10.2. The van der Waals surface area contributed by atoms with E-state index >= 15 is 0 Å². The van der Waals surface area contributed by atoms with Crippen molar-refractivity contribution in [1.82, 2.24) is 19.7 Å². The predicted octanol–water partition coefficient (Wildman–Crippen LogP) is 0.654. The Kier molecular flexibility index (Phi) is 3.64. The van der Waals surface area contributed by atoms with Crippen LogP contribution in [0.2, 0.25) is 0 Å². The lowest BCUT2D eigenvalue weighted by molar-refractivity contribution is 0.359. The van der Waals surface area contributed by atoms with Crippen molar-refractivity contribution in [2.75, 3.05) is 0 Å². The van der Waals surface area contributed by atoms with Crippen molar-refractivity contribution in [1.29, 1.82) is 0 Å². The second-order valence-electron chi connectivity index (χ2n) is 4.60. The van der Waals surface area contributed by atoms with E-state index in [1.807, 2.05) is 20.8 Å². The zero-order chi connectivity index (χ0) is 14.0. The maximum Gasteiger partial charge on any atom is 0.328 e. The van der Waals surface area contributed by atoms with Gasteiger partial charge in [-0.25, -0.2) is 4.79 Å². The number of hydrogen-bond acceptors (Lipinski definition) is 5. The van der Waals surface area contributed by atoms with Gasteiger partial charge < -0.3 is 4.52 Å². The van der Waals surface area contributed by atoms with E-state index in [9.17, 15) is 9.59 Å². The van der Waals surface area contributed by atoms with E-state index in [4.69, 9.17) is 4.52 Å². The molecular formula is C12H16N4O3. The molecule has 0 unspecified atom stereocenters. The van der Waals surface area contributed by atoms with Crippen molar-refractivity contribution in [2.24, 2.45) is 0 Å². The standard InChI is InChI=1S/C12H16N4O3/c1-4-8-5-16(12(18)14-10(8)17)6-9-13-11(7(2)3)19-15-9/h5,7H,4,6H2,1-3H3,(H,14,17,18). The molecular weight excluding hydrogens is 248 g/mol. The lowest BCUT2D eigenvalue weighted by Crippen LogP contribution is -2.32. The van der Waals surface area contributed by atoms with Gasteiger partial charge in [-0.15, -0.1) is 0 Å². The van der Waals surface area contributed by atoms with Gasteiger partial charge in [-0.1, -0.05) is 25.9 Å². The molecule has 0 aliphatic carbocycles. The first-order chi connectivity index (χ1) is 9.01. The van der Waals surface area contributed by atoms with Crippen LogP contribution in [0.4, 0.5) is 0 Å². The fourth-order valence-electron chi connectivity index (χ4n) is 1.64. The van der Waals surface area contributed by atoms with E-state index in [2.05, 4.69) is 15.1 Å². The summed E-state index contributed by atoms with van der Waals surface area (Å²) in [6.07, 6.45) is 2.09. The number of nitrogens with one attached hydrogen (secondary N) is 1. The van der Waals surface area contributed by atoms with Crippen LogP contribution in [-0.4, -0.2) is 19.7 Å². The highest BCUT2D eigenvalue weighted by atomic mass is 16.5. The van der Waals surface area contributed by atoms with E-state index < -0.39 is 5.69 Å². The Balaban J connectivity index is 2.32. The highest BCUT2D eigenvalue weighted by Crippen LogP contribution is 2.10. The highest BCUT2D eigenvalue weighted by Gasteiger charge is 2.11. The minimum atomic E-state index is -0.474. The first kappa shape index (κ1) is 13.3.